The summed E-state index contributed by atoms with van der Waals surface area (Å²) >= 11 is 3.28. The molecule has 2 atom stereocenters. The van der Waals surface area contributed by atoms with Gasteiger partial charge in [0.2, 0.25) is 5.72 Å². The summed E-state index contributed by atoms with van der Waals surface area (Å²) in [5, 5.41) is 11.0. The summed E-state index contributed by atoms with van der Waals surface area (Å²) in [6, 6.07) is 2.89. The minimum Gasteiger partial charge on any atom is -0.496 e. The average molecular weight is 390 g/mol. The number of cyclic esters (lactones) is 2. The van der Waals surface area contributed by atoms with Gasteiger partial charge in [-0.1, -0.05) is 6.92 Å². The quantitative estimate of drug-likeness (QED) is 0.572. The van der Waals surface area contributed by atoms with E-state index >= 15 is 0 Å². The molecule has 0 saturated carbocycles. The first-order valence-corrected chi connectivity index (χ1v) is 7.41. The fraction of sp³-hybridized carbons (Fsp3) is 0.429. The summed E-state index contributed by atoms with van der Waals surface area (Å²) in [5.74, 6) is -4.57. The van der Waals surface area contributed by atoms with Crippen molar-refractivity contribution < 1.29 is 33.6 Å². The summed E-state index contributed by atoms with van der Waals surface area (Å²) in [6.45, 7) is 1.57. The molecule has 0 unspecified atom stereocenters. The molecule has 0 bridgehead atoms. The molecule has 0 radical (unpaired) electrons. The van der Waals surface area contributed by atoms with E-state index in [1.165, 1.54) is 26.4 Å². The van der Waals surface area contributed by atoms with Crippen molar-refractivity contribution in [2.45, 2.75) is 24.9 Å². The van der Waals surface area contributed by atoms with Gasteiger partial charge in [-0.2, -0.15) is 0 Å². The molecule has 23 heavy (non-hydrogen) atoms. The Morgan fingerprint density at radius 1 is 1.17 bits per heavy atom. The Bertz CT molecular complexity index is 665. The zero-order valence-electron chi connectivity index (χ0n) is 12.7. The van der Waals surface area contributed by atoms with Gasteiger partial charge in [0.25, 0.3) is 5.79 Å². The number of aliphatic hydroxyl groups is 1. The van der Waals surface area contributed by atoms with Crippen molar-refractivity contribution in [3.8, 4) is 11.5 Å². The van der Waals surface area contributed by atoms with Gasteiger partial charge < -0.3 is 24.1 Å². The van der Waals surface area contributed by atoms with Crippen LogP contribution in [-0.2, 0) is 24.8 Å². The zero-order chi connectivity index (χ0) is 17.4. The number of carbonyl (C=O) groups excluding carboxylic acids is 2. The Kier molecular flexibility index (Phi) is 4.56. The lowest BCUT2D eigenvalue weighted by atomic mass is 9.90. The van der Waals surface area contributed by atoms with Crippen molar-refractivity contribution in [3.05, 3.63) is 22.2 Å². The summed E-state index contributed by atoms with van der Waals surface area (Å²) < 4.78 is 20.8. The number of esters is 2. The monoisotopic (exact) mass is 389 g/mol. The first-order chi connectivity index (χ1) is 10.7. The molecule has 3 N–H and O–H groups in total. The van der Waals surface area contributed by atoms with Crippen LogP contribution in [0.3, 0.4) is 0 Å². The lowest BCUT2D eigenvalue weighted by Crippen LogP contribution is -2.67. The molecule has 1 aliphatic heterocycles. The Morgan fingerprint density at radius 3 is 2.26 bits per heavy atom. The van der Waals surface area contributed by atoms with Crippen LogP contribution in [-0.4, -0.2) is 37.0 Å². The topological polar surface area (TPSA) is 117 Å². The van der Waals surface area contributed by atoms with Gasteiger partial charge in [-0.05, 0) is 28.1 Å². The van der Waals surface area contributed by atoms with Gasteiger partial charge >= 0.3 is 11.9 Å². The van der Waals surface area contributed by atoms with Gasteiger partial charge in [0.1, 0.15) is 11.5 Å². The Labute approximate surface area is 140 Å². The number of methoxy groups -OCH3 is 2. The largest absolute Gasteiger partial charge is 0.496 e. The molecule has 126 valence electrons. The maximum Gasteiger partial charge on any atom is 0.420 e. The highest BCUT2D eigenvalue weighted by Gasteiger charge is 2.61. The van der Waals surface area contributed by atoms with E-state index in [2.05, 4.69) is 15.9 Å². The second-order valence-corrected chi connectivity index (χ2v) is 5.71. The number of halogens is 1. The van der Waals surface area contributed by atoms with E-state index in [4.69, 9.17) is 24.7 Å². The number of carbonyl (C=O) groups is 2. The smallest absolute Gasteiger partial charge is 0.420 e. The molecular formula is C14H16BrNO7. The van der Waals surface area contributed by atoms with Gasteiger partial charge in [-0.3, -0.25) is 5.73 Å². The lowest BCUT2D eigenvalue weighted by Gasteiger charge is -2.44. The van der Waals surface area contributed by atoms with Gasteiger partial charge in [0.05, 0.1) is 24.3 Å². The van der Waals surface area contributed by atoms with E-state index in [-0.39, 0.29) is 17.7 Å². The third-order valence-electron chi connectivity index (χ3n) is 3.62. The summed E-state index contributed by atoms with van der Waals surface area (Å²) in [5.41, 5.74) is 4.01. The summed E-state index contributed by atoms with van der Waals surface area (Å²) in [7, 11) is 2.78. The third kappa shape index (κ3) is 2.64. The molecule has 1 saturated heterocycles. The molecule has 1 fully saturated rings. The van der Waals surface area contributed by atoms with Gasteiger partial charge in [-0.25, -0.2) is 9.59 Å². The Hall–Kier alpha value is -1.84. The van der Waals surface area contributed by atoms with Crippen LogP contribution < -0.4 is 15.2 Å². The van der Waals surface area contributed by atoms with Crippen molar-refractivity contribution in [1.82, 2.24) is 0 Å². The van der Waals surface area contributed by atoms with Gasteiger partial charge in [-0.15, -0.1) is 0 Å². The second-order valence-electron chi connectivity index (χ2n) is 4.85. The van der Waals surface area contributed by atoms with Crippen LogP contribution in [0, 0.1) is 0 Å². The van der Waals surface area contributed by atoms with E-state index in [1.807, 2.05) is 0 Å². The number of hydrogen-bond donors (Lipinski definition) is 2. The minimum atomic E-state index is -2.44. The summed E-state index contributed by atoms with van der Waals surface area (Å²) in [4.78, 5) is 23.1. The first kappa shape index (κ1) is 17.5. The standard InChI is InChI=1S/C14H16BrNO7/c1-4-13(16)14(19,23-12(18)11(17)22-13)7-5-10(21-3)8(15)6-9(7)20-2/h5-6,19H,4,16H2,1-3H3/t13-,14+/m0/s1. The highest BCUT2D eigenvalue weighted by Crippen LogP contribution is 2.46. The lowest BCUT2D eigenvalue weighted by molar-refractivity contribution is -0.318. The van der Waals surface area contributed by atoms with E-state index < -0.39 is 23.5 Å². The van der Waals surface area contributed by atoms with Crippen molar-refractivity contribution >= 4 is 27.9 Å². The molecule has 0 amide bonds. The SMILES string of the molecule is CC[C@]1(N)OC(=O)C(=O)O[C@]1(O)c1cc(OC)c(Br)cc1OC. The van der Waals surface area contributed by atoms with Crippen molar-refractivity contribution in [2.24, 2.45) is 5.73 Å². The van der Waals surface area contributed by atoms with Gasteiger partial charge in [0, 0.05) is 6.42 Å². The maximum atomic E-state index is 11.6. The van der Waals surface area contributed by atoms with E-state index in [0.717, 1.165) is 0 Å². The summed E-state index contributed by atoms with van der Waals surface area (Å²) in [6.07, 6.45) is -0.0238. The average Bonchev–Trinajstić information content (AvgIpc) is 2.52. The highest BCUT2D eigenvalue weighted by atomic mass is 79.9. The van der Waals surface area contributed by atoms with Crippen LogP contribution in [0.5, 0.6) is 11.5 Å². The number of hydrogen-bond acceptors (Lipinski definition) is 8. The van der Waals surface area contributed by atoms with Crippen LogP contribution in [0.1, 0.15) is 18.9 Å². The maximum absolute atomic E-state index is 11.6. The van der Waals surface area contributed by atoms with E-state index in [9.17, 15) is 14.7 Å². The Morgan fingerprint density at radius 2 is 1.74 bits per heavy atom. The first-order valence-electron chi connectivity index (χ1n) is 6.62. The number of nitrogens with two attached hydrogens (primary N) is 1. The van der Waals surface area contributed by atoms with Crippen molar-refractivity contribution in [2.75, 3.05) is 14.2 Å². The molecule has 1 aromatic carbocycles. The number of rotatable bonds is 4. The molecule has 1 heterocycles. The molecule has 1 aliphatic rings. The number of ether oxygens (including phenoxy) is 4. The normalized spacial score (nSPS) is 27.2. The molecule has 8 nitrogen and oxygen atoms in total. The second kappa shape index (κ2) is 5.99. The molecule has 0 aliphatic carbocycles. The van der Waals surface area contributed by atoms with Crippen LogP contribution in [0.15, 0.2) is 16.6 Å². The zero-order valence-corrected chi connectivity index (χ0v) is 14.3. The van der Waals surface area contributed by atoms with Crippen LogP contribution in [0.2, 0.25) is 0 Å². The van der Waals surface area contributed by atoms with Crippen molar-refractivity contribution in [1.29, 1.82) is 0 Å². The number of benzene rings is 1. The van der Waals surface area contributed by atoms with Crippen LogP contribution in [0.25, 0.3) is 0 Å². The van der Waals surface area contributed by atoms with E-state index in [0.29, 0.717) is 10.2 Å². The predicted octanol–water partition coefficient (Wildman–Crippen LogP) is 0.776. The third-order valence-corrected chi connectivity index (χ3v) is 4.24. The highest BCUT2D eigenvalue weighted by molar-refractivity contribution is 9.10. The Balaban J connectivity index is 2.70. The fourth-order valence-corrected chi connectivity index (χ4v) is 2.74. The molecule has 9 heteroatoms. The van der Waals surface area contributed by atoms with E-state index in [1.54, 1.807) is 6.92 Å². The van der Waals surface area contributed by atoms with Crippen molar-refractivity contribution in [3.63, 3.8) is 0 Å². The molecule has 0 aromatic heterocycles. The molecule has 2 rings (SSSR count). The predicted molar refractivity (Wildman–Crippen MR) is 80.5 cm³/mol. The van der Waals surface area contributed by atoms with Crippen LogP contribution in [0.4, 0.5) is 0 Å². The fourth-order valence-electron chi connectivity index (χ4n) is 2.26. The van der Waals surface area contributed by atoms with Crippen LogP contribution >= 0.6 is 15.9 Å². The van der Waals surface area contributed by atoms with Gasteiger partial charge in [0.15, 0.2) is 0 Å². The minimum absolute atomic E-state index is 0.00903. The molecular weight excluding hydrogens is 374 g/mol. The molecule has 1 aromatic rings. The molecule has 0 spiro atoms.